The SMILES string of the molecule is O=C(Nc1ccc(F)cc1Cl)c1cc(Br)c[nH]1. The highest BCUT2D eigenvalue weighted by Crippen LogP contribution is 2.23. The number of rotatable bonds is 2. The Morgan fingerprint density at radius 2 is 2.18 bits per heavy atom. The second-order valence-corrected chi connectivity index (χ2v) is 4.63. The molecule has 0 atom stereocenters. The Morgan fingerprint density at radius 3 is 2.76 bits per heavy atom. The van der Waals surface area contributed by atoms with E-state index in [-0.39, 0.29) is 10.9 Å². The molecule has 0 aliphatic heterocycles. The van der Waals surface area contributed by atoms with Gasteiger partial charge in [0.25, 0.3) is 5.91 Å². The summed E-state index contributed by atoms with van der Waals surface area (Å²) in [6.45, 7) is 0. The molecule has 0 saturated carbocycles. The van der Waals surface area contributed by atoms with Crippen LogP contribution in [-0.2, 0) is 0 Å². The van der Waals surface area contributed by atoms with E-state index in [9.17, 15) is 9.18 Å². The molecule has 2 rings (SSSR count). The summed E-state index contributed by atoms with van der Waals surface area (Å²) in [6, 6.07) is 5.41. The Kier molecular flexibility index (Phi) is 3.49. The molecular weight excluding hydrogens is 310 g/mol. The molecule has 1 heterocycles. The van der Waals surface area contributed by atoms with E-state index in [2.05, 4.69) is 26.2 Å². The maximum absolute atomic E-state index is 12.8. The van der Waals surface area contributed by atoms with Crippen molar-refractivity contribution in [3.05, 3.63) is 51.5 Å². The fraction of sp³-hybridized carbons (Fsp3) is 0. The molecule has 0 bridgehead atoms. The van der Waals surface area contributed by atoms with E-state index in [1.807, 2.05) is 0 Å². The summed E-state index contributed by atoms with van der Waals surface area (Å²) in [5.41, 5.74) is 0.751. The molecule has 2 aromatic rings. The number of hydrogen-bond donors (Lipinski definition) is 2. The lowest BCUT2D eigenvalue weighted by atomic mass is 10.3. The quantitative estimate of drug-likeness (QED) is 0.869. The number of anilines is 1. The van der Waals surface area contributed by atoms with Gasteiger partial charge in [-0.25, -0.2) is 4.39 Å². The van der Waals surface area contributed by atoms with E-state index >= 15 is 0 Å². The van der Waals surface area contributed by atoms with Crippen LogP contribution in [0.1, 0.15) is 10.5 Å². The van der Waals surface area contributed by atoms with Crippen LogP contribution in [0, 0.1) is 5.82 Å². The van der Waals surface area contributed by atoms with Crippen LogP contribution in [0.3, 0.4) is 0 Å². The van der Waals surface area contributed by atoms with Gasteiger partial charge in [-0.3, -0.25) is 4.79 Å². The molecule has 2 N–H and O–H groups in total. The topological polar surface area (TPSA) is 44.9 Å². The minimum atomic E-state index is -0.449. The number of carbonyl (C=O) groups excluding carboxylic acids is 1. The standard InChI is InChI=1S/C11H7BrClFN2O/c12-6-3-10(15-5-6)11(17)16-9-2-1-7(14)4-8(9)13/h1-5,15H,(H,16,17). The molecule has 0 fully saturated rings. The molecule has 0 unspecified atom stereocenters. The van der Waals surface area contributed by atoms with Crippen molar-refractivity contribution < 1.29 is 9.18 Å². The van der Waals surface area contributed by atoms with E-state index in [1.165, 1.54) is 12.1 Å². The maximum Gasteiger partial charge on any atom is 0.272 e. The highest BCUT2D eigenvalue weighted by molar-refractivity contribution is 9.10. The van der Waals surface area contributed by atoms with E-state index < -0.39 is 5.82 Å². The van der Waals surface area contributed by atoms with Crippen molar-refractivity contribution in [1.29, 1.82) is 0 Å². The number of benzene rings is 1. The van der Waals surface area contributed by atoms with Gasteiger partial charge in [0.1, 0.15) is 11.5 Å². The number of halogens is 3. The number of hydrogen-bond acceptors (Lipinski definition) is 1. The largest absolute Gasteiger partial charge is 0.356 e. The van der Waals surface area contributed by atoms with E-state index in [4.69, 9.17) is 11.6 Å². The number of aromatic amines is 1. The molecule has 0 spiro atoms. The lowest BCUT2D eigenvalue weighted by molar-refractivity contribution is 0.102. The molecule has 6 heteroatoms. The van der Waals surface area contributed by atoms with E-state index in [0.29, 0.717) is 11.4 Å². The Balaban J connectivity index is 2.18. The summed E-state index contributed by atoms with van der Waals surface area (Å²) in [5.74, 6) is -0.792. The molecule has 1 aromatic carbocycles. The number of aromatic nitrogens is 1. The normalized spacial score (nSPS) is 10.3. The lowest BCUT2D eigenvalue weighted by Crippen LogP contribution is -2.12. The molecule has 3 nitrogen and oxygen atoms in total. The Labute approximate surface area is 110 Å². The third kappa shape index (κ3) is 2.87. The molecule has 1 amide bonds. The summed E-state index contributed by atoms with van der Waals surface area (Å²) < 4.78 is 13.6. The summed E-state index contributed by atoms with van der Waals surface area (Å²) in [7, 11) is 0. The van der Waals surface area contributed by atoms with Crippen molar-refractivity contribution in [2.45, 2.75) is 0 Å². The van der Waals surface area contributed by atoms with Crippen LogP contribution in [-0.4, -0.2) is 10.9 Å². The average molecular weight is 318 g/mol. The predicted octanol–water partition coefficient (Wildman–Crippen LogP) is 3.82. The first kappa shape index (κ1) is 12.1. The smallest absolute Gasteiger partial charge is 0.272 e. The molecule has 0 saturated heterocycles. The first-order valence-corrected chi connectivity index (χ1v) is 5.83. The van der Waals surface area contributed by atoms with E-state index in [0.717, 1.165) is 10.5 Å². The van der Waals surface area contributed by atoms with Crippen molar-refractivity contribution >= 4 is 39.1 Å². The zero-order chi connectivity index (χ0) is 12.4. The first-order chi connectivity index (χ1) is 8.06. The third-order valence-electron chi connectivity index (χ3n) is 2.07. The van der Waals surface area contributed by atoms with Gasteiger partial charge in [-0.05, 0) is 40.2 Å². The van der Waals surface area contributed by atoms with Crippen LogP contribution in [0.5, 0.6) is 0 Å². The minimum absolute atomic E-state index is 0.156. The molecular formula is C11H7BrClFN2O. The van der Waals surface area contributed by atoms with Gasteiger partial charge in [0.05, 0.1) is 10.7 Å². The highest BCUT2D eigenvalue weighted by Gasteiger charge is 2.10. The minimum Gasteiger partial charge on any atom is -0.356 e. The summed E-state index contributed by atoms with van der Waals surface area (Å²) in [4.78, 5) is 14.5. The van der Waals surface area contributed by atoms with Crippen LogP contribution in [0.15, 0.2) is 34.9 Å². The van der Waals surface area contributed by atoms with Crippen LogP contribution in [0.2, 0.25) is 5.02 Å². The van der Waals surface area contributed by atoms with Crippen molar-refractivity contribution in [3.8, 4) is 0 Å². The summed E-state index contributed by atoms with van der Waals surface area (Å²) in [6.07, 6.45) is 1.64. The lowest BCUT2D eigenvalue weighted by Gasteiger charge is -2.05. The van der Waals surface area contributed by atoms with Crippen LogP contribution in [0.25, 0.3) is 0 Å². The molecule has 1 aromatic heterocycles. The second-order valence-electron chi connectivity index (χ2n) is 3.31. The van der Waals surface area contributed by atoms with Crippen molar-refractivity contribution in [2.75, 3.05) is 5.32 Å². The van der Waals surface area contributed by atoms with Gasteiger partial charge < -0.3 is 10.3 Å². The summed E-state index contributed by atoms with van der Waals surface area (Å²) >= 11 is 9.02. The molecule has 88 valence electrons. The fourth-order valence-electron chi connectivity index (χ4n) is 1.28. The monoisotopic (exact) mass is 316 g/mol. The predicted molar refractivity (Wildman–Crippen MR) is 67.9 cm³/mol. The second kappa shape index (κ2) is 4.89. The van der Waals surface area contributed by atoms with Crippen molar-refractivity contribution in [1.82, 2.24) is 4.98 Å². The number of H-pyrrole nitrogens is 1. The zero-order valence-electron chi connectivity index (χ0n) is 8.43. The fourth-order valence-corrected chi connectivity index (χ4v) is 1.84. The van der Waals surface area contributed by atoms with Gasteiger partial charge in [0.2, 0.25) is 0 Å². The van der Waals surface area contributed by atoms with Crippen LogP contribution < -0.4 is 5.32 Å². The Bertz CT molecular complexity index is 570. The number of carbonyl (C=O) groups is 1. The van der Waals surface area contributed by atoms with Crippen LogP contribution >= 0.6 is 27.5 Å². The van der Waals surface area contributed by atoms with Crippen molar-refractivity contribution in [3.63, 3.8) is 0 Å². The van der Waals surface area contributed by atoms with Gasteiger partial charge in [0, 0.05) is 10.7 Å². The van der Waals surface area contributed by atoms with Gasteiger partial charge in [-0.1, -0.05) is 11.6 Å². The Morgan fingerprint density at radius 1 is 1.41 bits per heavy atom. The number of nitrogens with one attached hydrogen (secondary N) is 2. The molecule has 0 aliphatic rings. The van der Waals surface area contributed by atoms with Gasteiger partial charge in [-0.15, -0.1) is 0 Å². The van der Waals surface area contributed by atoms with E-state index in [1.54, 1.807) is 12.3 Å². The molecule has 17 heavy (non-hydrogen) atoms. The summed E-state index contributed by atoms with van der Waals surface area (Å²) in [5, 5.41) is 2.73. The van der Waals surface area contributed by atoms with Crippen molar-refractivity contribution in [2.24, 2.45) is 0 Å². The highest BCUT2D eigenvalue weighted by atomic mass is 79.9. The third-order valence-corrected chi connectivity index (χ3v) is 2.84. The first-order valence-electron chi connectivity index (χ1n) is 4.66. The van der Waals surface area contributed by atoms with Gasteiger partial charge in [-0.2, -0.15) is 0 Å². The molecule has 0 radical (unpaired) electrons. The Hall–Kier alpha value is -1.33. The maximum atomic E-state index is 12.8. The van der Waals surface area contributed by atoms with Gasteiger partial charge in [0.15, 0.2) is 0 Å². The number of amides is 1. The molecule has 0 aliphatic carbocycles. The zero-order valence-corrected chi connectivity index (χ0v) is 10.8. The average Bonchev–Trinajstić information content (AvgIpc) is 2.69. The van der Waals surface area contributed by atoms with Crippen LogP contribution in [0.4, 0.5) is 10.1 Å². The van der Waals surface area contributed by atoms with Gasteiger partial charge >= 0.3 is 0 Å².